The van der Waals surface area contributed by atoms with Crippen molar-refractivity contribution in [1.29, 1.82) is 0 Å². The Morgan fingerprint density at radius 1 is 0.641 bits per heavy atom. The first kappa shape index (κ1) is 27.9. The molecular formula is C29H28IrN9. The van der Waals surface area contributed by atoms with Gasteiger partial charge in [0.25, 0.3) is 0 Å². The SMILES string of the molecule is Cc1cc(Cn2[c-]ccc2)nc(Cn2[c-]ccc2)c1.Cc1cc(Cn2ccnn2)[c-]c(Cn2ccnn2)c1.[Ir+3]. The molecule has 0 amide bonds. The molecule has 1 aromatic carbocycles. The van der Waals surface area contributed by atoms with Crippen molar-refractivity contribution in [3.05, 3.63) is 138 Å². The van der Waals surface area contributed by atoms with E-state index in [1.54, 1.807) is 21.8 Å². The molecule has 0 aliphatic heterocycles. The van der Waals surface area contributed by atoms with Crippen molar-refractivity contribution in [2.24, 2.45) is 0 Å². The van der Waals surface area contributed by atoms with E-state index in [1.165, 1.54) is 11.1 Å². The van der Waals surface area contributed by atoms with Gasteiger partial charge in [-0.25, -0.2) is 0 Å². The molecule has 198 valence electrons. The van der Waals surface area contributed by atoms with E-state index in [-0.39, 0.29) is 20.1 Å². The summed E-state index contributed by atoms with van der Waals surface area (Å²) in [5.41, 5.74) is 6.73. The summed E-state index contributed by atoms with van der Waals surface area (Å²) in [5.74, 6) is 0. The van der Waals surface area contributed by atoms with Gasteiger partial charge >= 0.3 is 20.1 Å². The standard InChI is InChI=1S/C16H15N3.C13H13N6.Ir/c1-14-10-15(12-18-6-2-3-7-18)17-16(11-14)13-19-8-4-5-9-19;1-11-6-12(9-18-4-2-14-16-18)8-13(7-11)10-19-5-3-15-17-19;/h2-6,8,10-11H,12-13H2,1H3;2-7H,9-10H2,1H3;/q-2;-1;+3. The van der Waals surface area contributed by atoms with Gasteiger partial charge in [0.15, 0.2) is 0 Å². The molecule has 9 nitrogen and oxygen atoms in total. The number of rotatable bonds is 8. The summed E-state index contributed by atoms with van der Waals surface area (Å²) < 4.78 is 7.58. The average Bonchev–Trinajstić information content (AvgIpc) is 3.69. The molecule has 5 heterocycles. The molecule has 6 aromatic rings. The van der Waals surface area contributed by atoms with Gasteiger partial charge in [-0.1, -0.05) is 17.4 Å². The first-order valence-electron chi connectivity index (χ1n) is 12.3. The van der Waals surface area contributed by atoms with E-state index in [4.69, 9.17) is 4.98 Å². The van der Waals surface area contributed by atoms with Crippen molar-refractivity contribution in [2.75, 3.05) is 0 Å². The van der Waals surface area contributed by atoms with Gasteiger partial charge in [-0.15, -0.1) is 46.1 Å². The molecule has 0 atom stereocenters. The molecule has 0 saturated heterocycles. The Hall–Kier alpha value is -4.14. The zero-order valence-electron chi connectivity index (χ0n) is 21.8. The molecule has 0 aliphatic rings. The van der Waals surface area contributed by atoms with Crippen molar-refractivity contribution in [3.8, 4) is 0 Å². The van der Waals surface area contributed by atoms with E-state index in [0.29, 0.717) is 13.1 Å². The average molecular weight is 695 g/mol. The Balaban J connectivity index is 0.000000176. The number of aryl methyl sites for hydroxylation is 2. The first-order valence-corrected chi connectivity index (χ1v) is 12.3. The fraction of sp³-hybridized carbons (Fsp3) is 0.207. The van der Waals surface area contributed by atoms with Crippen molar-refractivity contribution in [3.63, 3.8) is 0 Å². The summed E-state index contributed by atoms with van der Waals surface area (Å²) in [6, 6.07) is 19.6. The molecule has 10 heteroatoms. The molecule has 6 rings (SSSR count). The molecule has 0 fully saturated rings. The van der Waals surface area contributed by atoms with Gasteiger partial charge in [-0.3, -0.25) is 14.3 Å². The van der Waals surface area contributed by atoms with E-state index in [2.05, 4.69) is 77.2 Å². The van der Waals surface area contributed by atoms with Gasteiger partial charge in [-0.05, 0) is 24.6 Å². The zero-order chi connectivity index (χ0) is 26.2. The molecule has 39 heavy (non-hydrogen) atoms. The van der Waals surface area contributed by atoms with Gasteiger partial charge in [0, 0.05) is 38.6 Å². The summed E-state index contributed by atoms with van der Waals surface area (Å²) in [4.78, 5) is 4.70. The van der Waals surface area contributed by atoms with Crippen LogP contribution in [-0.4, -0.2) is 44.1 Å². The number of aromatic nitrogens is 9. The molecule has 0 bridgehead atoms. The summed E-state index contributed by atoms with van der Waals surface area (Å²) in [6.45, 7) is 7.04. The van der Waals surface area contributed by atoms with Crippen LogP contribution in [0.25, 0.3) is 0 Å². The van der Waals surface area contributed by atoms with Crippen LogP contribution in [-0.2, 0) is 46.3 Å². The maximum atomic E-state index is 4.70. The molecule has 0 spiro atoms. The summed E-state index contributed by atoms with van der Waals surface area (Å²) in [6.07, 6.45) is 17.3. The van der Waals surface area contributed by atoms with Crippen LogP contribution in [0.2, 0.25) is 0 Å². The Bertz CT molecular complexity index is 1300. The van der Waals surface area contributed by atoms with E-state index in [1.807, 2.05) is 58.2 Å². The number of hydrogen-bond donors (Lipinski definition) is 0. The molecular weight excluding hydrogens is 667 g/mol. The van der Waals surface area contributed by atoms with Crippen LogP contribution in [0, 0.1) is 32.3 Å². The predicted octanol–water partition coefficient (Wildman–Crippen LogP) is 3.76. The summed E-state index contributed by atoms with van der Waals surface area (Å²) in [5, 5.41) is 15.5. The second-order valence-corrected chi connectivity index (χ2v) is 9.07. The summed E-state index contributed by atoms with van der Waals surface area (Å²) >= 11 is 0. The summed E-state index contributed by atoms with van der Waals surface area (Å²) in [7, 11) is 0. The van der Waals surface area contributed by atoms with Crippen LogP contribution in [0.15, 0.2) is 85.7 Å². The Labute approximate surface area is 241 Å². The molecule has 5 aromatic heterocycles. The third-order valence-electron chi connectivity index (χ3n) is 5.68. The number of nitrogens with zero attached hydrogens (tertiary/aromatic N) is 9. The smallest absolute Gasteiger partial charge is 0.466 e. The molecule has 0 N–H and O–H groups in total. The van der Waals surface area contributed by atoms with Gasteiger partial charge < -0.3 is 9.13 Å². The van der Waals surface area contributed by atoms with E-state index < -0.39 is 0 Å². The second kappa shape index (κ2) is 13.6. The third-order valence-corrected chi connectivity index (χ3v) is 5.68. The fourth-order valence-electron chi connectivity index (χ4n) is 4.20. The zero-order valence-corrected chi connectivity index (χ0v) is 24.2. The topological polar surface area (TPSA) is 84.2 Å². The Morgan fingerprint density at radius 2 is 1.13 bits per heavy atom. The van der Waals surface area contributed by atoms with Gasteiger partial charge in [0.2, 0.25) is 0 Å². The van der Waals surface area contributed by atoms with Crippen LogP contribution >= 0.6 is 0 Å². The fourth-order valence-corrected chi connectivity index (χ4v) is 4.20. The Kier molecular flexibility index (Phi) is 9.72. The number of hydrogen-bond acceptors (Lipinski definition) is 5. The third kappa shape index (κ3) is 8.43. The van der Waals surface area contributed by atoms with Crippen LogP contribution in [0.3, 0.4) is 0 Å². The second-order valence-electron chi connectivity index (χ2n) is 9.07. The van der Waals surface area contributed by atoms with E-state index in [0.717, 1.165) is 35.6 Å². The molecule has 0 saturated carbocycles. The number of pyridine rings is 1. The van der Waals surface area contributed by atoms with Crippen molar-refractivity contribution in [1.82, 2.24) is 44.1 Å². The normalized spacial score (nSPS) is 10.5. The molecule has 0 aliphatic carbocycles. The Morgan fingerprint density at radius 3 is 1.54 bits per heavy atom. The minimum atomic E-state index is 0. The van der Waals surface area contributed by atoms with Crippen molar-refractivity contribution in [2.45, 2.75) is 40.0 Å². The maximum Gasteiger partial charge on any atom is 3.00 e. The van der Waals surface area contributed by atoms with Crippen LogP contribution < -0.4 is 0 Å². The van der Waals surface area contributed by atoms with Gasteiger partial charge in [-0.2, -0.15) is 48.0 Å². The largest absolute Gasteiger partial charge is 3.00 e. The maximum absolute atomic E-state index is 4.70. The van der Waals surface area contributed by atoms with Crippen LogP contribution in [0.5, 0.6) is 0 Å². The van der Waals surface area contributed by atoms with Crippen molar-refractivity contribution >= 4 is 0 Å². The van der Waals surface area contributed by atoms with Gasteiger partial charge in [0.05, 0.1) is 23.8 Å². The van der Waals surface area contributed by atoms with Gasteiger partial charge in [0.1, 0.15) is 0 Å². The minimum Gasteiger partial charge on any atom is -0.466 e. The first-order chi connectivity index (χ1) is 18.6. The molecule has 0 radical (unpaired) electrons. The van der Waals surface area contributed by atoms with Crippen molar-refractivity contribution < 1.29 is 20.1 Å². The number of benzene rings is 1. The van der Waals surface area contributed by atoms with Crippen LogP contribution in [0.1, 0.15) is 33.6 Å². The van der Waals surface area contributed by atoms with Crippen LogP contribution in [0.4, 0.5) is 0 Å². The minimum absolute atomic E-state index is 0. The van der Waals surface area contributed by atoms with E-state index >= 15 is 0 Å². The van der Waals surface area contributed by atoms with E-state index in [9.17, 15) is 0 Å². The monoisotopic (exact) mass is 695 g/mol. The quantitative estimate of drug-likeness (QED) is 0.227. The molecule has 0 unspecified atom stereocenters. The predicted molar refractivity (Wildman–Crippen MR) is 142 cm³/mol.